The average Bonchev–Trinajstić information content (AvgIpc) is 3.71. The van der Waals surface area contributed by atoms with Crippen LogP contribution in [0.15, 0.2) is 47.6 Å². The van der Waals surface area contributed by atoms with Crippen molar-refractivity contribution in [3.05, 3.63) is 76.1 Å². The van der Waals surface area contributed by atoms with Crippen LogP contribution < -0.4 is 21.1 Å². The van der Waals surface area contributed by atoms with Crippen LogP contribution in [0.25, 0.3) is 22.0 Å². The van der Waals surface area contributed by atoms with Crippen LogP contribution in [-0.2, 0) is 38.1 Å². The van der Waals surface area contributed by atoms with Gasteiger partial charge in [0, 0.05) is 24.2 Å². The van der Waals surface area contributed by atoms with Crippen LogP contribution in [0.5, 0.6) is 0 Å². The van der Waals surface area contributed by atoms with Crippen molar-refractivity contribution in [1.29, 1.82) is 0 Å². The molecule has 0 spiro atoms. The third-order valence-corrected chi connectivity index (χ3v) is 12.2. The van der Waals surface area contributed by atoms with E-state index in [1.165, 1.54) is 29.9 Å². The van der Waals surface area contributed by atoms with E-state index in [2.05, 4.69) is 43.1 Å². The number of benzene rings is 2. The van der Waals surface area contributed by atoms with E-state index in [1.807, 2.05) is 0 Å². The number of carbonyl (C=O) groups excluding carboxylic acids is 1. The molecule has 2 aromatic heterocycles. The number of halogens is 3. The van der Waals surface area contributed by atoms with Crippen LogP contribution in [-0.4, -0.2) is 71.7 Å². The van der Waals surface area contributed by atoms with Crippen molar-refractivity contribution in [1.82, 2.24) is 36.2 Å². The molecule has 2 aliphatic rings. The van der Waals surface area contributed by atoms with Crippen molar-refractivity contribution in [2.75, 3.05) is 17.5 Å². The van der Waals surface area contributed by atoms with Crippen molar-refractivity contribution in [3.8, 4) is 23.0 Å². The smallest absolute Gasteiger partial charge is 0.241 e. The van der Waals surface area contributed by atoms with E-state index in [0.29, 0.717) is 29.5 Å². The molecule has 4 aromatic rings. The lowest BCUT2D eigenvalue weighted by Crippen LogP contribution is -2.45. The molecule has 0 radical (unpaired) electrons. The number of fused-ring (bicyclic) bond motifs is 1. The number of nitrogens with one attached hydrogen (secondary N) is 4. The van der Waals surface area contributed by atoms with E-state index in [0.717, 1.165) is 24.5 Å². The highest BCUT2D eigenvalue weighted by Crippen LogP contribution is 2.40. The molecule has 0 saturated heterocycles. The maximum atomic E-state index is 14.5. The summed E-state index contributed by atoms with van der Waals surface area (Å²) in [7, 11) is -5.72. The molecule has 4 N–H and O–H groups in total. The standard InChI is InChI=1S/C33H34ClF2N9O5S2/c1-33(2,52(49,50)23-6-7-23)12-11-22-5-8-24(25-9-10-26(34)29-31(25)44(3)40-32(29)41-51(4,47)48)30(38-22)27(15-19-13-20(35)16-21(36)14-19)39-28(46)17-45-18-37-42-43-45/h5,8-10,13-14,16,18,23,27,42-43H,6-7,15,17H2,1-4H3,(H,39,46)(H,40,41)/t27-/m0/s1. The van der Waals surface area contributed by atoms with Gasteiger partial charge in [-0.2, -0.15) is 10.2 Å². The number of carbonyl (C=O) groups is 1. The van der Waals surface area contributed by atoms with Crippen molar-refractivity contribution in [2.24, 2.45) is 12.1 Å². The van der Waals surface area contributed by atoms with E-state index >= 15 is 0 Å². The quantitative estimate of drug-likeness (QED) is 0.165. The predicted octanol–water partition coefficient (Wildman–Crippen LogP) is 3.31. The summed E-state index contributed by atoms with van der Waals surface area (Å²) < 4.78 is 82.0. The first-order valence-corrected chi connectivity index (χ1v) is 19.7. The number of sulfone groups is 1. The van der Waals surface area contributed by atoms with Gasteiger partial charge < -0.3 is 5.32 Å². The average molecular weight is 774 g/mol. The Morgan fingerprint density at radius 3 is 2.42 bits per heavy atom. The molecule has 14 nitrogen and oxygen atoms in total. The molecule has 6 rings (SSSR count). The molecule has 1 saturated carbocycles. The number of hydrogen-bond acceptors (Lipinski definition) is 11. The number of anilines is 1. The van der Waals surface area contributed by atoms with Gasteiger partial charge in [0.1, 0.15) is 35.0 Å². The first-order valence-electron chi connectivity index (χ1n) is 15.9. The Bertz CT molecular complexity index is 2390. The fourth-order valence-corrected chi connectivity index (χ4v) is 8.36. The highest BCUT2D eigenvalue weighted by molar-refractivity contribution is 7.93. The molecule has 1 aliphatic heterocycles. The summed E-state index contributed by atoms with van der Waals surface area (Å²) in [6, 6.07) is 8.43. The summed E-state index contributed by atoms with van der Waals surface area (Å²) in [5.41, 5.74) is 7.01. The molecule has 52 heavy (non-hydrogen) atoms. The maximum absolute atomic E-state index is 14.5. The van der Waals surface area contributed by atoms with E-state index in [1.54, 1.807) is 31.3 Å². The first kappa shape index (κ1) is 36.9. The minimum Gasteiger partial charge on any atom is -0.346 e. The van der Waals surface area contributed by atoms with Gasteiger partial charge in [-0.25, -0.2) is 36.1 Å². The number of hydrazine groups is 2. The van der Waals surface area contributed by atoms with Gasteiger partial charge in [-0.1, -0.05) is 23.6 Å². The van der Waals surface area contributed by atoms with Gasteiger partial charge in [-0.05, 0) is 74.9 Å². The second kappa shape index (κ2) is 14.0. The van der Waals surface area contributed by atoms with Crippen LogP contribution in [0.4, 0.5) is 14.6 Å². The number of sulfonamides is 1. The number of hydrazone groups is 1. The van der Waals surface area contributed by atoms with Gasteiger partial charge in [-0.3, -0.25) is 19.2 Å². The summed E-state index contributed by atoms with van der Waals surface area (Å²) in [5.74, 6) is 3.58. The Hall–Kier alpha value is -4.83. The molecular weight excluding hydrogens is 740 g/mol. The lowest BCUT2D eigenvalue weighted by Gasteiger charge is -2.23. The van der Waals surface area contributed by atoms with Gasteiger partial charge in [0.15, 0.2) is 15.7 Å². The molecule has 0 bridgehead atoms. The molecule has 1 aliphatic carbocycles. The molecule has 274 valence electrons. The number of hydrogen-bond donors (Lipinski definition) is 4. The molecule has 0 unspecified atom stereocenters. The predicted molar refractivity (Wildman–Crippen MR) is 193 cm³/mol. The van der Waals surface area contributed by atoms with Crippen LogP contribution in [0, 0.1) is 23.5 Å². The zero-order valence-electron chi connectivity index (χ0n) is 28.3. The SMILES string of the molecule is Cn1nc(NS(C)(=O)=O)c2c(Cl)ccc(-c3ccc(C#CC(C)(C)S(=O)(=O)C4CC4)nc3[C@H](Cc3cc(F)cc(F)c3)NC(=O)CN3C=NNN3)c21. The zero-order valence-corrected chi connectivity index (χ0v) is 30.7. The molecule has 1 atom stereocenters. The summed E-state index contributed by atoms with van der Waals surface area (Å²) in [4.78, 5) is 18.3. The van der Waals surface area contributed by atoms with Crippen LogP contribution in [0.2, 0.25) is 5.02 Å². The number of nitrogens with zero attached hydrogens (tertiary/aromatic N) is 5. The molecule has 3 heterocycles. The number of pyridine rings is 1. The third-order valence-electron chi connectivity index (χ3n) is 8.40. The van der Waals surface area contributed by atoms with Gasteiger partial charge in [-0.15, -0.1) is 5.53 Å². The second-order valence-corrected chi connectivity index (χ2v) is 17.9. The fourth-order valence-electron chi connectivity index (χ4n) is 5.84. The summed E-state index contributed by atoms with van der Waals surface area (Å²) in [6.45, 7) is 2.84. The van der Waals surface area contributed by atoms with Crippen LogP contribution in [0.3, 0.4) is 0 Å². The minimum absolute atomic E-state index is 0.0172. The van der Waals surface area contributed by atoms with Crippen LogP contribution in [0.1, 0.15) is 49.7 Å². The Balaban J connectivity index is 1.54. The number of aryl methyl sites for hydroxylation is 1. The van der Waals surface area contributed by atoms with Gasteiger partial charge in [0.2, 0.25) is 15.9 Å². The maximum Gasteiger partial charge on any atom is 0.241 e. The first-order chi connectivity index (χ1) is 24.4. The van der Waals surface area contributed by atoms with E-state index < -0.39 is 53.4 Å². The van der Waals surface area contributed by atoms with Gasteiger partial charge in [0.25, 0.3) is 0 Å². The monoisotopic (exact) mass is 773 g/mol. The molecule has 1 amide bonds. The van der Waals surface area contributed by atoms with E-state index in [4.69, 9.17) is 16.6 Å². The molecule has 2 aromatic carbocycles. The minimum atomic E-state index is -3.76. The largest absolute Gasteiger partial charge is 0.346 e. The zero-order chi connectivity index (χ0) is 37.6. The number of rotatable bonds is 11. The Labute approximate surface area is 303 Å². The van der Waals surface area contributed by atoms with Crippen molar-refractivity contribution >= 4 is 60.4 Å². The third kappa shape index (κ3) is 7.97. The lowest BCUT2D eigenvalue weighted by molar-refractivity contribution is -0.122. The second-order valence-electron chi connectivity index (χ2n) is 13.0. The van der Waals surface area contributed by atoms with E-state index in [-0.39, 0.29) is 46.1 Å². The summed E-state index contributed by atoms with van der Waals surface area (Å²) in [5, 5.41) is 12.5. The molecule has 19 heteroatoms. The Morgan fingerprint density at radius 1 is 1.10 bits per heavy atom. The normalized spacial score (nSPS) is 15.2. The number of aromatic nitrogens is 3. The Morgan fingerprint density at radius 2 is 1.79 bits per heavy atom. The number of amides is 1. The van der Waals surface area contributed by atoms with E-state index in [9.17, 15) is 30.4 Å². The topological polar surface area (TPSA) is 180 Å². The van der Waals surface area contributed by atoms with Gasteiger partial charge in [0.05, 0.1) is 39.2 Å². The lowest BCUT2D eigenvalue weighted by atomic mass is 9.93. The Kier molecular flexibility index (Phi) is 9.91. The van der Waals surface area contributed by atoms with Crippen molar-refractivity contribution in [2.45, 2.75) is 49.1 Å². The van der Waals surface area contributed by atoms with Crippen LogP contribution >= 0.6 is 11.6 Å². The summed E-state index contributed by atoms with van der Waals surface area (Å²) in [6.07, 6.45) is 3.34. The summed E-state index contributed by atoms with van der Waals surface area (Å²) >= 11 is 6.60. The van der Waals surface area contributed by atoms with Gasteiger partial charge >= 0.3 is 0 Å². The fraction of sp³-hybridized carbons (Fsp3) is 0.333. The van der Waals surface area contributed by atoms with Crippen molar-refractivity contribution < 1.29 is 30.4 Å². The highest BCUT2D eigenvalue weighted by Gasteiger charge is 2.45. The highest BCUT2D eigenvalue weighted by atomic mass is 35.5. The molecular formula is C33H34ClF2N9O5S2. The molecule has 1 fully saturated rings. The van der Waals surface area contributed by atoms with Crippen molar-refractivity contribution in [3.63, 3.8) is 0 Å².